The average Bonchev–Trinajstić information content (AvgIpc) is 2.73. The summed E-state index contributed by atoms with van der Waals surface area (Å²) in [5.74, 6) is -1.43. The van der Waals surface area contributed by atoms with Crippen molar-refractivity contribution >= 4 is 11.9 Å². The zero-order valence-corrected chi connectivity index (χ0v) is 11.2. The van der Waals surface area contributed by atoms with Crippen LogP contribution in [0.5, 0.6) is 0 Å². The van der Waals surface area contributed by atoms with Crippen LogP contribution in [0.4, 0.5) is 13.6 Å². The fraction of sp³-hybridized carbons (Fsp3) is 0.429. The van der Waals surface area contributed by atoms with E-state index in [1.54, 1.807) is 0 Å². The summed E-state index contributed by atoms with van der Waals surface area (Å²) in [7, 11) is 0. The number of hydrogen-bond donors (Lipinski definition) is 0. The van der Waals surface area contributed by atoms with Gasteiger partial charge in [0, 0.05) is 13.1 Å². The van der Waals surface area contributed by atoms with Gasteiger partial charge in [-0.1, -0.05) is 0 Å². The number of morpholine rings is 1. The first-order chi connectivity index (χ1) is 10.1. The number of benzene rings is 1. The second kappa shape index (κ2) is 5.40. The normalized spacial score (nSPS) is 21.9. The zero-order chi connectivity index (χ0) is 15.0. The Hall–Kier alpha value is -2.02. The van der Waals surface area contributed by atoms with Gasteiger partial charge in [-0.2, -0.15) is 0 Å². The highest BCUT2D eigenvalue weighted by molar-refractivity contribution is 6.04. The van der Waals surface area contributed by atoms with Crippen molar-refractivity contribution in [2.24, 2.45) is 0 Å². The lowest BCUT2D eigenvalue weighted by Gasteiger charge is -2.26. The second-order valence-electron chi connectivity index (χ2n) is 5.04. The molecule has 0 spiro atoms. The second-order valence-corrected chi connectivity index (χ2v) is 5.04. The summed E-state index contributed by atoms with van der Waals surface area (Å²) >= 11 is 0. The van der Waals surface area contributed by atoms with Gasteiger partial charge in [0.2, 0.25) is 0 Å². The highest BCUT2D eigenvalue weighted by Gasteiger charge is 2.46. The number of nitrogens with zero attached hydrogens (tertiary/aromatic N) is 2. The third kappa shape index (κ3) is 2.49. The molecule has 0 saturated carbocycles. The zero-order valence-electron chi connectivity index (χ0n) is 11.2. The predicted octanol–water partition coefficient (Wildman–Crippen LogP) is 1.17. The summed E-state index contributed by atoms with van der Waals surface area (Å²) in [4.78, 5) is 26.8. The van der Waals surface area contributed by atoms with Crippen molar-refractivity contribution in [1.82, 2.24) is 9.80 Å². The fourth-order valence-electron chi connectivity index (χ4n) is 2.64. The van der Waals surface area contributed by atoms with Gasteiger partial charge in [-0.3, -0.25) is 9.69 Å². The molecule has 5 nitrogen and oxygen atoms in total. The first kappa shape index (κ1) is 13.9. The van der Waals surface area contributed by atoms with E-state index in [0.717, 1.165) is 23.1 Å². The molecule has 2 saturated heterocycles. The van der Waals surface area contributed by atoms with Crippen molar-refractivity contribution in [2.75, 3.05) is 26.3 Å². The van der Waals surface area contributed by atoms with Crippen molar-refractivity contribution in [3.8, 4) is 0 Å². The molecule has 112 valence electrons. The van der Waals surface area contributed by atoms with Gasteiger partial charge in [-0.05, 0) is 30.2 Å². The summed E-state index contributed by atoms with van der Waals surface area (Å²) in [5.41, 5.74) is 0.150. The molecule has 0 bridgehead atoms. The van der Waals surface area contributed by atoms with Crippen molar-refractivity contribution in [3.63, 3.8) is 0 Å². The maximum Gasteiger partial charge on any atom is 0.327 e. The van der Waals surface area contributed by atoms with Crippen molar-refractivity contribution in [3.05, 3.63) is 35.4 Å². The van der Waals surface area contributed by atoms with E-state index in [0.29, 0.717) is 13.2 Å². The largest absolute Gasteiger partial charge is 0.377 e. The average molecular weight is 296 g/mol. The van der Waals surface area contributed by atoms with Gasteiger partial charge in [0.05, 0.1) is 13.2 Å². The Labute approximate surface area is 120 Å². The molecule has 0 radical (unpaired) electrons. The molecule has 2 aliphatic rings. The summed E-state index contributed by atoms with van der Waals surface area (Å²) in [6.45, 7) is 1.00. The number of hydrogen-bond acceptors (Lipinski definition) is 3. The third-order valence-electron chi connectivity index (χ3n) is 3.77. The number of carbonyl (C=O) groups excluding carboxylic acids is 2. The first-order valence-electron chi connectivity index (χ1n) is 6.71. The molecule has 3 amide bonds. The van der Waals surface area contributed by atoms with Gasteiger partial charge in [0.1, 0.15) is 17.7 Å². The number of ether oxygens (including phenoxy) is 1. The molecule has 1 aromatic carbocycles. The number of fused-ring (bicyclic) bond motifs is 1. The van der Waals surface area contributed by atoms with E-state index in [1.165, 1.54) is 4.90 Å². The molecular formula is C14H14F2N2O3. The summed E-state index contributed by atoms with van der Waals surface area (Å²) in [6, 6.07) is 2.18. The topological polar surface area (TPSA) is 49.9 Å². The Morgan fingerprint density at radius 2 is 2.10 bits per heavy atom. The van der Waals surface area contributed by atoms with Gasteiger partial charge in [-0.25, -0.2) is 13.6 Å². The molecule has 2 heterocycles. The van der Waals surface area contributed by atoms with E-state index in [9.17, 15) is 18.4 Å². The van der Waals surface area contributed by atoms with E-state index in [2.05, 4.69) is 0 Å². The van der Waals surface area contributed by atoms with Crippen LogP contribution < -0.4 is 0 Å². The first-order valence-corrected chi connectivity index (χ1v) is 6.71. The Kier molecular flexibility index (Phi) is 3.59. The van der Waals surface area contributed by atoms with Crippen LogP contribution in [0.1, 0.15) is 5.56 Å². The molecule has 0 aromatic heterocycles. The van der Waals surface area contributed by atoms with Crippen LogP contribution in [0.25, 0.3) is 0 Å². The Morgan fingerprint density at radius 3 is 2.86 bits per heavy atom. The lowest BCUT2D eigenvalue weighted by molar-refractivity contribution is -0.131. The van der Waals surface area contributed by atoms with E-state index in [1.807, 2.05) is 0 Å². The van der Waals surface area contributed by atoms with E-state index >= 15 is 0 Å². The molecular weight excluding hydrogens is 282 g/mol. The molecule has 1 unspecified atom stereocenters. The van der Waals surface area contributed by atoms with Crippen LogP contribution in [0.15, 0.2) is 18.2 Å². The lowest BCUT2D eigenvalue weighted by atomic mass is 10.1. The summed E-state index contributed by atoms with van der Waals surface area (Å²) < 4.78 is 31.8. The number of amides is 3. The number of rotatable bonds is 3. The molecule has 3 rings (SSSR count). The van der Waals surface area contributed by atoms with Crippen LogP contribution in [0.2, 0.25) is 0 Å². The van der Waals surface area contributed by atoms with Gasteiger partial charge < -0.3 is 9.64 Å². The number of carbonyl (C=O) groups is 2. The van der Waals surface area contributed by atoms with Gasteiger partial charge in [0.15, 0.2) is 0 Å². The SMILES string of the molecule is O=C1C2COCCN2C(=O)N1CCc1cc(F)ccc1F. The van der Waals surface area contributed by atoms with Crippen molar-refractivity contribution < 1.29 is 23.1 Å². The minimum absolute atomic E-state index is 0.0328. The van der Waals surface area contributed by atoms with Gasteiger partial charge >= 0.3 is 6.03 Å². The smallest absolute Gasteiger partial charge is 0.327 e. The van der Waals surface area contributed by atoms with Crippen molar-refractivity contribution in [1.29, 1.82) is 0 Å². The van der Waals surface area contributed by atoms with Crippen LogP contribution in [0.3, 0.4) is 0 Å². The van der Waals surface area contributed by atoms with Crippen LogP contribution in [0, 0.1) is 11.6 Å². The Morgan fingerprint density at radius 1 is 1.29 bits per heavy atom. The highest BCUT2D eigenvalue weighted by atomic mass is 19.1. The third-order valence-corrected chi connectivity index (χ3v) is 3.77. The molecule has 0 aliphatic carbocycles. The van der Waals surface area contributed by atoms with Crippen LogP contribution >= 0.6 is 0 Å². The van der Waals surface area contributed by atoms with Crippen LogP contribution in [-0.4, -0.2) is 54.1 Å². The monoisotopic (exact) mass is 296 g/mol. The van der Waals surface area contributed by atoms with Crippen LogP contribution in [-0.2, 0) is 16.0 Å². The van der Waals surface area contributed by atoms with E-state index < -0.39 is 17.7 Å². The van der Waals surface area contributed by atoms with E-state index in [4.69, 9.17) is 4.74 Å². The maximum absolute atomic E-state index is 13.5. The minimum atomic E-state index is -0.580. The molecule has 2 fully saturated rings. The molecule has 0 N–H and O–H groups in total. The van der Waals surface area contributed by atoms with Gasteiger partial charge in [-0.15, -0.1) is 0 Å². The molecule has 1 atom stereocenters. The fourth-order valence-corrected chi connectivity index (χ4v) is 2.64. The predicted molar refractivity (Wildman–Crippen MR) is 68.5 cm³/mol. The lowest BCUT2D eigenvalue weighted by Crippen LogP contribution is -2.45. The standard InChI is InChI=1S/C14H14F2N2O3/c15-10-1-2-11(16)9(7-10)3-4-18-13(19)12-8-21-6-5-17(12)14(18)20/h1-2,7,12H,3-6,8H2. The minimum Gasteiger partial charge on any atom is -0.377 e. The number of imide groups is 1. The van der Waals surface area contributed by atoms with Gasteiger partial charge in [0.25, 0.3) is 5.91 Å². The highest BCUT2D eigenvalue weighted by Crippen LogP contribution is 2.21. The number of halogens is 2. The summed E-state index contributed by atoms with van der Waals surface area (Å²) in [5, 5.41) is 0. The Balaban J connectivity index is 1.71. The molecule has 1 aromatic rings. The summed E-state index contributed by atoms with van der Waals surface area (Å²) in [6.07, 6.45) is 0.0858. The quantitative estimate of drug-likeness (QED) is 0.787. The number of urea groups is 1. The van der Waals surface area contributed by atoms with Crippen molar-refractivity contribution in [2.45, 2.75) is 12.5 Å². The molecule has 7 heteroatoms. The molecule has 21 heavy (non-hydrogen) atoms. The van der Waals surface area contributed by atoms with E-state index in [-0.39, 0.29) is 37.1 Å². The maximum atomic E-state index is 13.5. The molecule has 2 aliphatic heterocycles. The Bertz CT molecular complexity index is 570.